The van der Waals surface area contributed by atoms with Crippen molar-refractivity contribution in [3.05, 3.63) is 46.2 Å². The van der Waals surface area contributed by atoms with Gasteiger partial charge in [-0.15, -0.1) is 0 Å². The molecule has 0 amide bonds. The van der Waals surface area contributed by atoms with E-state index in [1.807, 2.05) is 22.9 Å². The Bertz CT molecular complexity index is 762. The fourth-order valence-corrected chi connectivity index (χ4v) is 4.06. The van der Waals surface area contributed by atoms with E-state index in [9.17, 15) is 8.42 Å². The normalized spacial score (nSPS) is 12.8. The molecule has 0 aliphatic heterocycles. The molecule has 7 heteroatoms. The van der Waals surface area contributed by atoms with Gasteiger partial charge in [0, 0.05) is 11.7 Å². The lowest BCUT2D eigenvalue weighted by molar-refractivity contribution is 0.560. The first-order chi connectivity index (χ1) is 9.92. The highest BCUT2D eigenvalue weighted by Crippen LogP contribution is 2.19. The minimum absolute atomic E-state index is 0.0450. The van der Waals surface area contributed by atoms with Crippen LogP contribution >= 0.6 is 11.3 Å². The van der Waals surface area contributed by atoms with Crippen molar-refractivity contribution in [3.8, 4) is 6.07 Å². The van der Waals surface area contributed by atoms with Crippen molar-refractivity contribution < 1.29 is 8.42 Å². The summed E-state index contributed by atoms with van der Waals surface area (Å²) in [6.07, 6.45) is 0.597. The van der Waals surface area contributed by atoms with Gasteiger partial charge in [0.1, 0.15) is 6.07 Å². The number of rotatable bonds is 5. The van der Waals surface area contributed by atoms with Crippen LogP contribution in [0, 0.1) is 11.3 Å². The zero-order chi connectivity index (χ0) is 15.5. The molecular weight excluding hydrogens is 306 g/mol. The van der Waals surface area contributed by atoms with E-state index in [1.54, 1.807) is 18.3 Å². The van der Waals surface area contributed by atoms with Gasteiger partial charge in [-0.2, -0.15) is 16.6 Å². The smallest absolute Gasteiger partial charge is 0.242 e. The molecule has 0 fully saturated rings. The van der Waals surface area contributed by atoms with E-state index in [0.29, 0.717) is 12.1 Å². The van der Waals surface area contributed by atoms with Crippen molar-refractivity contribution in [2.45, 2.75) is 24.3 Å². The first kappa shape index (κ1) is 15.5. The summed E-state index contributed by atoms with van der Waals surface area (Å²) in [4.78, 5) is -0.0450. The SMILES string of the molecule is CC(Cc1ccsc1)NS(=O)(=O)c1ccc(N)cc1C#N. The van der Waals surface area contributed by atoms with Crippen LogP contribution in [0.2, 0.25) is 0 Å². The van der Waals surface area contributed by atoms with Gasteiger partial charge in [0.25, 0.3) is 0 Å². The van der Waals surface area contributed by atoms with Crippen molar-refractivity contribution in [1.82, 2.24) is 4.72 Å². The molecule has 0 spiro atoms. The Kier molecular flexibility index (Phi) is 4.63. The highest BCUT2D eigenvalue weighted by molar-refractivity contribution is 7.89. The van der Waals surface area contributed by atoms with Crippen LogP contribution in [0.15, 0.2) is 39.9 Å². The molecule has 3 N–H and O–H groups in total. The van der Waals surface area contributed by atoms with E-state index < -0.39 is 10.0 Å². The van der Waals surface area contributed by atoms with Crippen molar-refractivity contribution in [2.75, 3.05) is 5.73 Å². The molecule has 0 aliphatic carbocycles. The highest BCUT2D eigenvalue weighted by Gasteiger charge is 2.21. The molecule has 0 saturated heterocycles. The molecule has 1 atom stereocenters. The third-order valence-electron chi connectivity index (χ3n) is 2.89. The van der Waals surface area contributed by atoms with Gasteiger partial charge in [-0.05, 0) is 53.9 Å². The summed E-state index contributed by atoms with van der Waals surface area (Å²) in [6, 6.07) is 7.74. The minimum atomic E-state index is -3.75. The zero-order valence-corrected chi connectivity index (χ0v) is 13.0. The summed E-state index contributed by atoms with van der Waals surface area (Å²) in [6.45, 7) is 1.79. The van der Waals surface area contributed by atoms with E-state index in [1.165, 1.54) is 18.2 Å². The number of hydrogen-bond donors (Lipinski definition) is 2. The summed E-state index contributed by atoms with van der Waals surface area (Å²) >= 11 is 1.57. The lowest BCUT2D eigenvalue weighted by Crippen LogP contribution is -2.34. The molecule has 1 aromatic carbocycles. The predicted molar refractivity (Wildman–Crippen MR) is 83.4 cm³/mol. The average molecular weight is 321 g/mol. The Morgan fingerprint density at radius 3 is 2.81 bits per heavy atom. The monoisotopic (exact) mass is 321 g/mol. The minimum Gasteiger partial charge on any atom is -0.399 e. The van der Waals surface area contributed by atoms with Crippen LogP contribution in [0.4, 0.5) is 5.69 Å². The van der Waals surface area contributed by atoms with E-state index in [2.05, 4.69) is 4.72 Å². The van der Waals surface area contributed by atoms with Gasteiger partial charge in [-0.1, -0.05) is 0 Å². The van der Waals surface area contributed by atoms with Crippen LogP contribution in [-0.2, 0) is 16.4 Å². The summed E-state index contributed by atoms with van der Waals surface area (Å²) in [5.74, 6) is 0. The van der Waals surface area contributed by atoms with Crippen molar-refractivity contribution in [1.29, 1.82) is 5.26 Å². The maximum Gasteiger partial charge on any atom is 0.242 e. The summed E-state index contributed by atoms with van der Waals surface area (Å²) < 4.78 is 27.3. The van der Waals surface area contributed by atoms with Gasteiger partial charge in [0.15, 0.2) is 0 Å². The van der Waals surface area contributed by atoms with E-state index in [4.69, 9.17) is 11.0 Å². The summed E-state index contributed by atoms with van der Waals surface area (Å²) in [7, 11) is -3.75. The van der Waals surface area contributed by atoms with Crippen molar-refractivity contribution in [2.24, 2.45) is 0 Å². The number of nitrogens with zero attached hydrogens (tertiary/aromatic N) is 1. The summed E-state index contributed by atoms with van der Waals surface area (Å²) in [5, 5.41) is 13.0. The first-order valence-electron chi connectivity index (χ1n) is 6.25. The van der Waals surface area contributed by atoms with Crippen LogP contribution in [0.25, 0.3) is 0 Å². The molecule has 0 bridgehead atoms. The largest absolute Gasteiger partial charge is 0.399 e. The predicted octanol–water partition coefficient (Wildman–Crippen LogP) is 2.11. The Labute approximate surface area is 128 Å². The quantitative estimate of drug-likeness (QED) is 0.824. The number of anilines is 1. The van der Waals surface area contributed by atoms with Crippen LogP contribution in [0.1, 0.15) is 18.1 Å². The van der Waals surface area contributed by atoms with Gasteiger partial charge in [-0.3, -0.25) is 0 Å². The van der Waals surface area contributed by atoms with Crippen LogP contribution in [-0.4, -0.2) is 14.5 Å². The fourth-order valence-electron chi connectivity index (χ4n) is 2.00. The van der Waals surface area contributed by atoms with E-state index in [0.717, 1.165) is 5.56 Å². The number of nitrogens with one attached hydrogen (secondary N) is 1. The van der Waals surface area contributed by atoms with E-state index in [-0.39, 0.29) is 16.5 Å². The first-order valence-corrected chi connectivity index (χ1v) is 8.68. The molecule has 2 rings (SSSR count). The molecule has 1 heterocycles. The van der Waals surface area contributed by atoms with E-state index >= 15 is 0 Å². The second kappa shape index (κ2) is 6.26. The van der Waals surface area contributed by atoms with Crippen LogP contribution in [0.5, 0.6) is 0 Å². The highest BCUT2D eigenvalue weighted by atomic mass is 32.2. The second-order valence-electron chi connectivity index (χ2n) is 4.73. The third-order valence-corrected chi connectivity index (χ3v) is 5.27. The maximum atomic E-state index is 12.4. The van der Waals surface area contributed by atoms with Crippen molar-refractivity contribution >= 4 is 27.0 Å². The zero-order valence-electron chi connectivity index (χ0n) is 11.4. The topological polar surface area (TPSA) is 96.0 Å². The molecule has 2 aromatic rings. The Hall–Kier alpha value is -1.88. The van der Waals surface area contributed by atoms with Crippen LogP contribution < -0.4 is 10.5 Å². The molecule has 5 nitrogen and oxygen atoms in total. The van der Waals surface area contributed by atoms with Crippen LogP contribution in [0.3, 0.4) is 0 Å². The van der Waals surface area contributed by atoms with Gasteiger partial charge in [0.2, 0.25) is 10.0 Å². The number of benzene rings is 1. The number of nitrogen functional groups attached to an aromatic ring is 1. The molecular formula is C14H15N3O2S2. The molecule has 0 aliphatic rings. The lowest BCUT2D eigenvalue weighted by atomic mass is 10.1. The number of hydrogen-bond acceptors (Lipinski definition) is 5. The molecule has 110 valence electrons. The van der Waals surface area contributed by atoms with Gasteiger partial charge < -0.3 is 5.73 Å². The number of nitrogens with two attached hydrogens (primary N) is 1. The maximum absolute atomic E-state index is 12.4. The Morgan fingerprint density at radius 2 is 2.19 bits per heavy atom. The third kappa shape index (κ3) is 3.82. The molecule has 0 radical (unpaired) electrons. The average Bonchev–Trinajstić information content (AvgIpc) is 2.90. The lowest BCUT2D eigenvalue weighted by Gasteiger charge is -2.14. The number of sulfonamides is 1. The van der Waals surface area contributed by atoms with Crippen molar-refractivity contribution in [3.63, 3.8) is 0 Å². The fraction of sp³-hybridized carbons (Fsp3) is 0.214. The Balaban J connectivity index is 2.21. The molecule has 0 saturated carbocycles. The number of nitriles is 1. The van der Waals surface area contributed by atoms with Gasteiger partial charge >= 0.3 is 0 Å². The Morgan fingerprint density at radius 1 is 1.43 bits per heavy atom. The molecule has 1 aromatic heterocycles. The molecule has 21 heavy (non-hydrogen) atoms. The standard InChI is InChI=1S/C14H15N3O2S2/c1-10(6-11-4-5-20-9-11)17-21(18,19)14-3-2-13(16)7-12(14)8-15/h2-5,7,9-10,17H,6,16H2,1H3. The second-order valence-corrected chi connectivity index (χ2v) is 7.19. The van der Waals surface area contributed by atoms with Gasteiger partial charge in [-0.25, -0.2) is 13.1 Å². The van der Waals surface area contributed by atoms with Gasteiger partial charge in [0.05, 0.1) is 10.5 Å². The molecule has 1 unspecified atom stereocenters. The summed E-state index contributed by atoms with van der Waals surface area (Å²) in [5.41, 5.74) is 7.05. The number of thiophene rings is 1.